The van der Waals surface area contributed by atoms with Crippen LogP contribution in [0.1, 0.15) is 44.2 Å². The molecule has 0 fully saturated rings. The molecule has 1 N–H and O–H groups in total. The molecule has 4 aromatic rings. The van der Waals surface area contributed by atoms with E-state index >= 15 is 0 Å². The van der Waals surface area contributed by atoms with Gasteiger partial charge >= 0.3 is 12.4 Å². The number of aromatic nitrogens is 1. The minimum Gasteiger partial charge on any atom is -0.447 e. The fourth-order valence-corrected chi connectivity index (χ4v) is 3.93. The number of nitrogens with one attached hydrogen (secondary N) is 1. The first-order chi connectivity index (χ1) is 18.9. The molecule has 210 valence electrons. The molecule has 0 aliphatic rings. The second-order valence-electron chi connectivity index (χ2n) is 8.98. The van der Waals surface area contributed by atoms with Crippen molar-refractivity contribution in [2.45, 2.75) is 38.5 Å². The molecule has 0 aliphatic carbocycles. The lowest BCUT2D eigenvalue weighted by molar-refractivity contribution is -0.138. The summed E-state index contributed by atoms with van der Waals surface area (Å²) < 4.78 is 97.8. The number of halogens is 7. The fourth-order valence-electron chi connectivity index (χ4n) is 3.93. The highest BCUT2D eigenvalue weighted by Gasteiger charge is 2.31. The van der Waals surface area contributed by atoms with Crippen LogP contribution in [0.2, 0.25) is 0 Å². The Labute approximate surface area is 224 Å². The molecule has 0 aliphatic heterocycles. The maximum Gasteiger partial charge on any atom is 0.416 e. The van der Waals surface area contributed by atoms with Gasteiger partial charge in [-0.15, -0.1) is 0 Å². The first-order valence-corrected chi connectivity index (χ1v) is 11.9. The molecule has 3 aromatic carbocycles. The molecular weight excluding hydrogens is 543 g/mol. The second kappa shape index (κ2) is 11.9. The van der Waals surface area contributed by atoms with Crippen molar-refractivity contribution in [3.8, 4) is 0 Å². The SMILES string of the molecule is O=C(NCc1ccc(F)cc1)c1coc(CN(Cc2cccc(C(F)(F)F)c2)Cc2cccc(C(F)(F)F)c2)n1. The summed E-state index contributed by atoms with van der Waals surface area (Å²) >= 11 is 0. The number of rotatable bonds is 9. The van der Waals surface area contributed by atoms with E-state index < -0.39 is 35.2 Å². The predicted molar refractivity (Wildman–Crippen MR) is 130 cm³/mol. The minimum atomic E-state index is -4.57. The Morgan fingerprint density at radius 3 is 1.85 bits per heavy atom. The Balaban J connectivity index is 1.51. The summed E-state index contributed by atoms with van der Waals surface area (Å²) in [6, 6.07) is 14.7. The van der Waals surface area contributed by atoms with Crippen LogP contribution in [0.15, 0.2) is 83.5 Å². The summed E-state index contributed by atoms with van der Waals surface area (Å²) in [5.74, 6) is -0.969. The van der Waals surface area contributed by atoms with Crippen molar-refractivity contribution >= 4 is 5.91 Å². The number of nitrogens with zero attached hydrogens (tertiary/aromatic N) is 2. The van der Waals surface area contributed by atoms with E-state index in [0.29, 0.717) is 5.56 Å². The first kappa shape index (κ1) is 28.8. The molecule has 1 aromatic heterocycles. The molecule has 40 heavy (non-hydrogen) atoms. The van der Waals surface area contributed by atoms with Crippen LogP contribution in [0, 0.1) is 5.82 Å². The largest absolute Gasteiger partial charge is 0.447 e. The van der Waals surface area contributed by atoms with Gasteiger partial charge in [-0.3, -0.25) is 9.69 Å². The van der Waals surface area contributed by atoms with Gasteiger partial charge in [0, 0.05) is 19.6 Å². The van der Waals surface area contributed by atoms with Crippen LogP contribution in [0.3, 0.4) is 0 Å². The number of hydrogen-bond donors (Lipinski definition) is 1. The molecular formula is C28H22F7N3O2. The van der Waals surface area contributed by atoms with Crippen LogP contribution < -0.4 is 5.32 Å². The second-order valence-corrected chi connectivity index (χ2v) is 8.98. The Hall–Kier alpha value is -4.19. The van der Waals surface area contributed by atoms with E-state index in [9.17, 15) is 35.5 Å². The highest BCUT2D eigenvalue weighted by Crippen LogP contribution is 2.31. The van der Waals surface area contributed by atoms with E-state index in [1.54, 1.807) is 4.90 Å². The van der Waals surface area contributed by atoms with Crippen LogP contribution in [-0.4, -0.2) is 15.8 Å². The van der Waals surface area contributed by atoms with Gasteiger partial charge in [-0.25, -0.2) is 9.37 Å². The monoisotopic (exact) mass is 565 g/mol. The van der Waals surface area contributed by atoms with Gasteiger partial charge < -0.3 is 9.73 Å². The average molecular weight is 565 g/mol. The van der Waals surface area contributed by atoms with Gasteiger partial charge in [0.2, 0.25) is 5.89 Å². The van der Waals surface area contributed by atoms with Crippen LogP contribution >= 0.6 is 0 Å². The Morgan fingerprint density at radius 1 is 0.775 bits per heavy atom. The molecule has 0 saturated carbocycles. The van der Waals surface area contributed by atoms with Crippen molar-refractivity contribution in [1.29, 1.82) is 0 Å². The Morgan fingerprint density at radius 2 is 1.32 bits per heavy atom. The number of oxazole rings is 1. The Kier molecular flexibility index (Phi) is 8.58. The molecule has 1 amide bonds. The lowest BCUT2D eigenvalue weighted by Crippen LogP contribution is -2.24. The normalized spacial score (nSPS) is 12.1. The minimum absolute atomic E-state index is 0.0332. The smallest absolute Gasteiger partial charge is 0.416 e. The number of hydrogen-bond acceptors (Lipinski definition) is 4. The van der Waals surface area contributed by atoms with Crippen molar-refractivity contribution < 1.29 is 39.9 Å². The average Bonchev–Trinajstić information content (AvgIpc) is 3.36. The maximum atomic E-state index is 13.2. The van der Waals surface area contributed by atoms with Crippen molar-refractivity contribution in [3.05, 3.63) is 124 Å². The van der Waals surface area contributed by atoms with Gasteiger partial charge in [0.15, 0.2) is 5.69 Å². The summed E-state index contributed by atoms with van der Waals surface area (Å²) in [5, 5.41) is 2.61. The van der Waals surface area contributed by atoms with E-state index in [1.807, 2.05) is 0 Å². The zero-order chi connectivity index (χ0) is 28.9. The molecule has 12 heteroatoms. The third kappa shape index (κ3) is 7.92. The third-order valence-corrected chi connectivity index (χ3v) is 5.83. The summed E-state index contributed by atoms with van der Waals surface area (Å²) in [6.45, 7) is -0.167. The number of benzene rings is 3. The standard InChI is InChI=1S/C28H22F7N3O2/c29-23-9-7-18(8-10-23)13-36-26(39)24-17-40-25(37-24)16-38(14-19-3-1-5-21(11-19)27(30,31)32)15-20-4-2-6-22(12-20)28(33,34)35/h1-12,17H,13-16H2,(H,36,39). The highest BCUT2D eigenvalue weighted by atomic mass is 19.4. The van der Waals surface area contributed by atoms with E-state index in [2.05, 4.69) is 10.3 Å². The predicted octanol–water partition coefficient (Wildman–Crippen LogP) is 6.98. The van der Waals surface area contributed by atoms with Gasteiger partial charge in [-0.1, -0.05) is 48.5 Å². The van der Waals surface area contributed by atoms with Gasteiger partial charge in [0.25, 0.3) is 5.91 Å². The molecule has 0 unspecified atom stereocenters. The molecule has 0 bridgehead atoms. The molecule has 4 rings (SSSR count). The zero-order valence-corrected chi connectivity index (χ0v) is 20.7. The maximum absolute atomic E-state index is 13.2. The van der Waals surface area contributed by atoms with Crippen molar-refractivity contribution in [2.75, 3.05) is 0 Å². The first-order valence-electron chi connectivity index (χ1n) is 11.9. The van der Waals surface area contributed by atoms with Crippen molar-refractivity contribution in [1.82, 2.24) is 15.2 Å². The van der Waals surface area contributed by atoms with E-state index in [1.165, 1.54) is 48.5 Å². The van der Waals surface area contributed by atoms with E-state index in [4.69, 9.17) is 4.42 Å². The van der Waals surface area contributed by atoms with Gasteiger partial charge in [0.1, 0.15) is 12.1 Å². The number of alkyl halides is 6. The van der Waals surface area contributed by atoms with Gasteiger partial charge in [-0.2, -0.15) is 26.3 Å². The summed E-state index contributed by atoms with van der Waals surface area (Å²) in [5.41, 5.74) is -0.612. The van der Waals surface area contributed by atoms with E-state index in [0.717, 1.165) is 30.5 Å². The number of carbonyl (C=O) groups excluding carboxylic acids is 1. The zero-order valence-electron chi connectivity index (χ0n) is 20.7. The van der Waals surface area contributed by atoms with Crippen LogP contribution in [0.5, 0.6) is 0 Å². The van der Waals surface area contributed by atoms with Crippen LogP contribution in [-0.2, 0) is 38.5 Å². The van der Waals surface area contributed by atoms with E-state index in [-0.39, 0.29) is 48.9 Å². The van der Waals surface area contributed by atoms with Crippen LogP contribution in [0.25, 0.3) is 0 Å². The van der Waals surface area contributed by atoms with Crippen molar-refractivity contribution in [2.24, 2.45) is 0 Å². The molecule has 0 spiro atoms. The number of carbonyl (C=O) groups is 1. The third-order valence-electron chi connectivity index (χ3n) is 5.83. The number of amides is 1. The quantitative estimate of drug-likeness (QED) is 0.223. The highest BCUT2D eigenvalue weighted by molar-refractivity contribution is 5.91. The van der Waals surface area contributed by atoms with Crippen LogP contribution in [0.4, 0.5) is 30.7 Å². The Bertz CT molecular complexity index is 1390. The molecule has 0 saturated heterocycles. The molecule has 1 heterocycles. The van der Waals surface area contributed by atoms with Gasteiger partial charge in [0.05, 0.1) is 17.7 Å². The topological polar surface area (TPSA) is 58.4 Å². The fraction of sp³-hybridized carbons (Fsp3) is 0.214. The van der Waals surface area contributed by atoms with Gasteiger partial charge in [-0.05, 0) is 41.0 Å². The molecule has 0 radical (unpaired) electrons. The summed E-state index contributed by atoms with van der Waals surface area (Å²) in [6.07, 6.45) is -8.04. The summed E-state index contributed by atoms with van der Waals surface area (Å²) in [4.78, 5) is 18.2. The summed E-state index contributed by atoms with van der Waals surface area (Å²) in [7, 11) is 0. The molecule has 0 atom stereocenters. The van der Waals surface area contributed by atoms with Crippen molar-refractivity contribution in [3.63, 3.8) is 0 Å². The lowest BCUT2D eigenvalue weighted by atomic mass is 10.1. The molecule has 5 nitrogen and oxygen atoms in total. The lowest BCUT2D eigenvalue weighted by Gasteiger charge is -2.22.